The maximum Gasteiger partial charge on any atom is 0.220 e. The molecule has 1 rings (SSSR count). The fourth-order valence-electron chi connectivity index (χ4n) is 8.96. The molecule has 7 atom stereocenters. The number of rotatable bonds is 48. The third-order valence-electron chi connectivity index (χ3n) is 13.4. The summed E-state index contributed by atoms with van der Waals surface area (Å²) in [6, 6.07) is -0.824. The van der Waals surface area contributed by atoms with Crippen molar-refractivity contribution in [3.05, 3.63) is 36.5 Å². The van der Waals surface area contributed by atoms with Crippen LogP contribution in [-0.2, 0) is 14.3 Å². The number of ether oxygens (including phenoxy) is 2. The van der Waals surface area contributed by atoms with E-state index in [9.17, 15) is 30.3 Å². The largest absolute Gasteiger partial charge is 0.394 e. The van der Waals surface area contributed by atoms with Gasteiger partial charge in [0.05, 0.1) is 25.4 Å². The predicted octanol–water partition coefficient (Wildman–Crippen LogP) is 13.6. The molecule has 1 aliphatic rings. The minimum atomic E-state index is -1.57. The molecule has 0 aliphatic carbocycles. The molecular weight excluding hydrogens is 827 g/mol. The van der Waals surface area contributed by atoms with Crippen LogP contribution < -0.4 is 5.32 Å². The van der Waals surface area contributed by atoms with Crippen LogP contribution in [0, 0.1) is 0 Å². The van der Waals surface area contributed by atoms with Crippen molar-refractivity contribution in [2.75, 3.05) is 13.2 Å². The normalized spacial score (nSPS) is 20.0. The second-order valence-corrected chi connectivity index (χ2v) is 19.7. The van der Waals surface area contributed by atoms with E-state index in [4.69, 9.17) is 9.47 Å². The molecule has 1 aliphatic heterocycles. The molecule has 0 bridgehead atoms. The zero-order valence-electron chi connectivity index (χ0n) is 43.0. The summed E-state index contributed by atoms with van der Waals surface area (Å²) in [4.78, 5) is 12.9. The van der Waals surface area contributed by atoms with Crippen LogP contribution in [0.1, 0.15) is 264 Å². The zero-order chi connectivity index (χ0) is 48.0. The number of unbranched alkanes of at least 4 members (excludes halogenated alkanes) is 34. The van der Waals surface area contributed by atoms with Crippen LogP contribution in [-0.4, -0.2) is 87.5 Å². The lowest BCUT2D eigenvalue weighted by molar-refractivity contribution is -0.302. The summed E-state index contributed by atoms with van der Waals surface area (Å²) in [5.74, 6) is -0.192. The summed E-state index contributed by atoms with van der Waals surface area (Å²) in [6.07, 6.45) is 53.9. The van der Waals surface area contributed by atoms with E-state index in [0.717, 1.165) is 44.9 Å². The molecule has 9 heteroatoms. The molecule has 6 N–H and O–H groups in total. The Kier molecular flexibility index (Phi) is 44.6. The SMILES string of the molecule is CCCCCCCCCCCCCCCCCCCCCCCCC/C=C/CC/C=C/CC/C=C/C(O)C(COC1OC(CO)C(O)C(O)C1O)NC(=O)CCCCCCCCCCCC. The van der Waals surface area contributed by atoms with Crippen molar-refractivity contribution in [2.45, 2.75) is 307 Å². The number of carbonyl (C=O) groups excluding carboxylic acids is 1. The third-order valence-corrected chi connectivity index (χ3v) is 13.4. The predicted molar refractivity (Wildman–Crippen MR) is 276 cm³/mol. The average Bonchev–Trinajstić information content (AvgIpc) is 3.32. The first-order valence-corrected chi connectivity index (χ1v) is 28.2. The Balaban J connectivity index is 2.15. The van der Waals surface area contributed by atoms with Gasteiger partial charge in [0, 0.05) is 6.42 Å². The molecule has 0 aromatic rings. The van der Waals surface area contributed by atoms with Gasteiger partial charge in [-0.2, -0.15) is 0 Å². The highest BCUT2D eigenvalue weighted by atomic mass is 16.7. The molecule has 7 unspecified atom stereocenters. The van der Waals surface area contributed by atoms with E-state index in [1.165, 1.54) is 199 Å². The van der Waals surface area contributed by atoms with Crippen molar-refractivity contribution in [1.82, 2.24) is 5.32 Å². The molecule has 1 fully saturated rings. The molecule has 0 aromatic heterocycles. The molecule has 1 saturated heterocycles. The molecule has 1 amide bonds. The Labute approximate surface area is 406 Å². The number of hydrogen-bond acceptors (Lipinski definition) is 8. The Morgan fingerprint density at radius 1 is 0.500 bits per heavy atom. The van der Waals surface area contributed by atoms with Crippen molar-refractivity contribution < 1.29 is 39.8 Å². The van der Waals surface area contributed by atoms with E-state index in [-0.39, 0.29) is 12.5 Å². The first-order chi connectivity index (χ1) is 32.3. The Morgan fingerprint density at radius 2 is 0.864 bits per heavy atom. The van der Waals surface area contributed by atoms with Gasteiger partial charge in [0.2, 0.25) is 5.91 Å². The number of aliphatic hydroxyl groups is 5. The van der Waals surface area contributed by atoms with E-state index >= 15 is 0 Å². The second kappa shape index (κ2) is 47.1. The fourth-order valence-corrected chi connectivity index (χ4v) is 8.96. The van der Waals surface area contributed by atoms with Gasteiger partial charge in [0.15, 0.2) is 6.29 Å². The molecule has 0 aromatic carbocycles. The summed E-state index contributed by atoms with van der Waals surface area (Å²) in [7, 11) is 0. The molecule has 388 valence electrons. The van der Waals surface area contributed by atoms with E-state index in [1.807, 2.05) is 6.08 Å². The van der Waals surface area contributed by atoms with Gasteiger partial charge in [-0.25, -0.2) is 0 Å². The molecule has 0 radical (unpaired) electrons. The number of carbonyl (C=O) groups is 1. The van der Waals surface area contributed by atoms with Gasteiger partial charge < -0.3 is 40.3 Å². The molecule has 1 heterocycles. The highest BCUT2D eigenvalue weighted by Crippen LogP contribution is 2.23. The summed E-state index contributed by atoms with van der Waals surface area (Å²) in [5.41, 5.74) is 0. The molecule has 0 spiro atoms. The first kappa shape index (κ1) is 62.4. The summed E-state index contributed by atoms with van der Waals surface area (Å²) >= 11 is 0. The van der Waals surface area contributed by atoms with Gasteiger partial charge >= 0.3 is 0 Å². The lowest BCUT2D eigenvalue weighted by Crippen LogP contribution is -2.60. The molecule has 9 nitrogen and oxygen atoms in total. The molecule has 0 saturated carbocycles. The minimum Gasteiger partial charge on any atom is -0.394 e. The van der Waals surface area contributed by atoms with E-state index in [1.54, 1.807) is 6.08 Å². The van der Waals surface area contributed by atoms with E-state index < -0.39 is 49.5 Å². The number of nitrogens with one attached hydrogen (secondary N) is 1. The Hall–Kier alpha value is -1.59. The molecule has 66 heavy (non-hydrogen) atoms. The second-order valence-electron chi connectivity index (χ2n) is 19.7. The smallest absolute Gasteiger partial charge is 0.220 e. The summed E-state index contributed by atoms with van der Waals surface area (Å²) < 4.78 is 11.2. The monoisotopic (exact) mass is 934 g/mol. The fraction of sp³-hybridized carbons (Fsp3) is 0.877. The van der Waals surface area contributed by atoms with Crippen LogP contribution >= 0.6 is 0 Å². The van der Waals surface area contributed by atoms with Crippen LogP contribution in [0.15, 0.2) is 36.5 Å². The maximum absolute atomic E-state index is 12.9. The number of aliphatic hydroxyl groups excluding tert-OH is 5. The highest BCUT2D eigenvalue weighted by molar-refractivity contribution is 5.76. The van der Waals surface area contributed by atoms with Gasteiger partial charge in [-0.1, -0.05) is 249 Å². The van der Waals surface area contributed by atoms with Crippen molar-refractivity contribution >= 4 is 5.91 Å². The summed E-state index contributed by atoms with van der Waals surface area (Å²) in [6.45, 7) is 3.75. The van der Waals surface area contributed by atoms with E-state index in [2.05, 4.69) is 43.5 Å². The van der Waals surface area contributed by atoms with Gasteiger partial charge in [0.1, 0.15) is 24.4 Å². The number of hydrogen-bond donors (Lipinski definition) is 6. The van der Waals surface area contributed by atoms with Crippen LogP contribution in [0.25, 0.3) is 0 Å². The average molecular weight is 934 g/mol. The van der Waals surface area contributed by atoms with Crippen LogP contribution in [0.3, 0.4) is 0 Å². The maximum atomic E-state index is 12.9. The van der Waals surface area contributed by atoms with Gasteiger partial charge in [-0.05, 0) is 44.9 Å². The first-order valence-electron chi connectivity index (χ1n) is 28.2. The van der Waals surface area contributed by atoms with Gasteiger partial charge in [-0.15, -0.1) is 0 Å². The lowest BCUT2D eigenvalue weighted by atomic mass is 9.99. The third kappa shape index (κ3) is 36.4. The highest BCUT2D eigenvalue weighted by Gasteiger charge is 2.44. The standard InChI is InChI=1S/C57H107NO8/c1-3-5-7-9-11-13-15-16-17-18-19-20-21-22-23-24-25-26-27-28-29-30-31-32-33-34-35-36-37-38-40-42-44-46-51(60)50(49-65-57-56(64)55(63)54(62)52(48-59)66-57)58-53(61)47-45-43-41-39-14-12-10-8-6-4-2/h33-34,37-38,44,46,50-52,54-57,59-60,62-64H,3-32,35-36,39-43,45,47-49H2,1-2H3,(H,58,61)/b34-33+,38-37+,46-44+. The minimum absolute atomic E-state index is 0.192. The van der Waals surface area contributed by atoms with Crippen molar-refractivity contribution in [1.29, 1.82) is 0 Å². The van der Waals surface area contributed by atoms with Crippen molar-refractivity contribution in [2.24, 2.45) is 0 Å². The van der Waals surface area contributed by atoms with Crippen molar-refractivity contribution in [3.63, 3.8) is 0 Å². The van der Waals surface area contributed by atoms with Gasteiger partial charge in [-0.3, -0.25) is 4.79 Å². The zero-order valence-corrected chi connectivity index (χ0v) is 43.0. The van der Waals surface area contributed by atoms with Crippen LogP contribution in [0.5, 0.6) is 0 Å². The number of amides is 1. The quantitative estimate of drug-likeness (QED) is 0.0261. The van der Waals surface area contributed by atoms with E-state index in [0.29, 0.717) is 6.42 Å². The Bertz CT molecular complexity index is 1130. The van der Waals surface area contributed by atoms with Gasteiger partial charge in [0.25, 0.3) is 0 Å². The molecular formula is C57H107NO8. The number of allylic oxidation sites excluding steroid dienone is 5. The van der Waals surface area contributed by atoms with Crippen LogP contribution in [0.4, 0.5) is 0 Å². The summed E-state index contributed by atoms with van der Waals surface area (Å²) in [5, 5.41) is 54.2. The van der Waals surface area contributed by atoms with Crippen molar-refractivity contribution in [3.8, 4) is 0 Å². The van der Waals surface area contributed by atoms with Crippen LogP contribution in [0.2, 0.25) is 0 Å². The Morgan fingerprint density at radius 3 is 1.27 bits per heavy atom. The lowest BCUT2D eigenvalue weighted by Gasteiger charge is -2.40. The topological polar surface area (TPSA) is 149 Å².